The van der Waals surface area contributed by atoms with Crippen LogP contribution in [0.5, 0.6) is 0 Å². The smallest absolute Gasteiger partial charge is 0.206 e. The lowest BCUT2D eigenvalue weighted by Crippen LogP contribution is -2.07. The molecule has 0 aliphatic heterocycles. The van der Waals surface area contributed by atoms with Gasteiger partial charge in [0, 0.05) is 11.6 Å². The van der Waals surface area contributed by atoms with Crippen LogP contribution in [0.25, 0.3) is 0 Å². The van der Waals surface area contributed by atoms with Crippen molar-refractivity contribution in [1.82, 2.24) is 4.98 Å². The van der Waals surface area contributed by atoms with Gasteiger partial charge in [-0.2, -0.15) is 0 Å². The molecule has 0 aromatic carbocycles. The number of thiazole rings is 1. The van der Waals surface area contributed by atoms with E-state index in [2.05, 4.69) is 24.3 Å². The van der Waals surface area contributed by atoms with E-state index in [9.17, 15) is 0 Å². The Bertz CT molecular complexity index is 186. The van der Waals surface area contributed by atoms with Crippen molar-refractivity contribution >= 4 is 16.5 Å². The van der Waals surface area contributed by atoms with Gasteiger partial charge in [0.15, 0.2) is 0 Å². The van der Waals surface area contributed by atoms with Gasteiger partial charge in [-0.15, -0.1) is 11.3 Å². The first kappa shape index (κ1) is 8.49. The summed E-state index contributed by atoms with van der Waals surface area (Å²) in [5, 5.41) is 2.71. The van der Waals surface area contributed by atoms with Crippen LogP contribution >= 0.6 is 11.3 Å². The molecule has 0 radical (unpaired) electrons. The molecule has 1 rings (SSSR count). The van der Waals surface area contributed by atoms with Gasteiger partial charge in [-0.05, 0) is 5.92 Å². The minimum Gasteiger partial charge on any atom is -0.274 e. The van der Waals surface area contributed by atoms with Gasteiger partial charge < -0.3 is 0 Å². The maximum Gasteiger partial charge on any atom is 0.206 e. The highest BCUT2D eigenvalue weighted by Gasteiger charge is 1.95. The van der Waals surface area contributed by atoms with E-state index in [-0.39, 0.29) is 0 Å². The molecule has 3 nitrogen and oxygen atoms in total. The minimum atomic E-state index is 0.544. The Balaban J connectivity index is 2.14. The van der Waals surface area contributed by atoms with Gasteiger partial charge in [-0.3, -0.25) is 4.84 Å². The first-order valence-electron chi connectivity index (χ1n) is 3.56. The second-order valence-corrected chi connectivity index (χ2v) is 3.54. The van der Waals surface area contributed by atoms with E-state index >= 15 is 0 Å². The van der Waals surface area contributed by atoms with Crippen LogP contribution in [0, 0.1) is 5.92 Å². The van der Waals surface area contributed by atoms with Crippen LogP contribution in [0.1, 0.15) is 13.8 Å². The predicted molar refractivity (Wildman–Crippen MR) is 46.5 cm³/mol. The highest BCUT2D eigenvalue weighted by Crippen LogP contribution is 2.09. The van der Waals surface area contributed by atoms with Crippen molar-refractivity contribution in [3.63, 3.8) is 0 Å². The Labute approximate surface area is 70.4 Å². The van der Waals surface area contributed by atoms with E-state index < -0.39 is 0 Å². The summed E-state index contributed by atoms with van der Waals surface area (Å²) < 4.78 is 0. The molecule has 1 N–H and O–H groups in total. The van der Waals surface area contributed by atoms with Crippen LogP contribution in [-0.4, -0.2) is 11.6 Å². The molecule has 1 heterocycles. The van der Waals surface area contributed by atoms with Gasteiger partial charge in [0.2, 0.25) is 5.13 Å². The summed E-state index contributed by atoms with van der Waals surface area (Å²) in [4.78, 5) is 9.13. The molecule has 0 saturated heterocycles. The fraction of sp³-hybridized carbons (Fsp3) is 0.571. The van der Waals surface area contributed by atoms with Gasteiger partial charge in [-0.25, -0.2) is 10.5 Å². The molecule has 1 aromatic rings. The van der Waals surface area contributed by atoms with Crippen molar-refractivity contribution in [3.05, 3.63) is 11.6 Å². The fourth-order valence-electron chi connectivity index (χ4n) is 0.544. The molecular formula is C7H12N2OS. The molecule has 0 saturated carbocycles. The quantitative estimate of drug-likeness (QED) is 0.706. The first-order chi connectivity index (χ1) is 5.29. The van der Waals surface area contributed by atoms with Crippen molar-refractivity contribution in [2.45, 2.75) is 13.8 Å². The lowest BCUT2D eigenvalue weighted by atomic mass is 10.2. The lowest BCUT2D eigenvalue weighted by Gasteiger charge is -2.05. The number of rotatable bonds is 4. The Hall–Kier alpha value is -0.610. The average molecular weight is 172 g/mol. The Morgan fingerprint density at radius 1 is 1.73 bits per heavy atom. The van der Waals surface area contributed by atoms with Crippen LogP contribution < -0.4 is 5.48 Å². The number of nitrogens with zero attached hydrogens (tertiary/aromatic N) is 1. The number of nitrogens with one attached hydrogen (secondary N) is 1. The number of aromatic nitrogens is 1. The monoisotopic (exact) mass is 172 g/mol. The zero-order chi connectivity index (χ0) is 8.10. The average Bonchev–Trinajstić information content (AvgIpc) is 2.39. The third-order valence-corrected chi connectivity index (χ3v) is 1.68. The molecular weight excluding hydrogens is 160 g/mol. The van der Waals surface area contributed by atoms with Gasteiger partial charge in [0.1, 0.15) is 0 Å². The summed E-state index contributed by atoms with van der Waals surface area (Å²) >= 11 is 1.53. The van der Waals surface area contributed by atoms with Gasteiger partial charge in [0.25, 0.3) is 0 Å². The fourth-order valence-corrected chi connectivity index (χ4v) is 1.02. The highest BCUT2D eigenvalue weighted by molar-refractivity contribution is 7.13. The SMILES string of the molecule is CC(C)CONc1nccs1. The van der Waals surface area contributed by atoms with Crippen LogP contribution in [0.2, 0.25) is 0 Å². The van der Waals surface area contributed by atoms with Crippen molar-refractivity contribution in [1.29, 1.82) is 0 Å². The summed E-state index contributed by atoms with van der Waals surface area (Å²) in [6.07, 6.45) is 1.74. The predicted octanol–water partition coefficient (Wildman–Crippen LogP) is 2.14. The molecule has 0 aliphatic carbocycles. The second-order valence-electron chi connectivity index (χ2n) is 2.64. The van der Waals surface area contributed by atoms with E-state index in [0.29, 0.717) is 12.5 Å². The van der Waals surface area contributed by atoms with Gasteiger partial charge in [0.05, 0.1) is 6.61 Å². The van der Waals surface area contributed by atoms with E-state index in [1.165, 1.54) is 11.3 Å². The van der Waals surface area contributed by atoms with Gasteiger partial charge >= 0.3 is 0 Å². The molecule has 0 amide bonds. The molecule has 11 heavy (non-hydrogen) atoms. The third kappa shape index (κ3) is 3.34. The van der Waals surface area contributed by atoms with Crippen LogP contribution in [0.4, 0.5) is 5.13 Å². The standard InChI is InChI=1S/C7H12N2OS/c1-6(2)5-10-9-7-8-3-4-11-7/h3-4,6H,5H2,1-2H3,(H,8,9). The molecule has 0 bridgehead atoms. The Kier molecular flexibility index (Phi) is 3.32. The number of hydrogen-bond acceptors (Lipinski definition) is 4. The Morgan fingerprint density at radius 2 is 2.55 bits per heavy atom. The summed E-state index contributed by atoms with van der Waals surface area (Å²) in [6, 6.07) is 0. The largest absolute Gasteiger partial charge is 0.274 e. The topological polar surface area (TPSA) is 34.1 Å². The maximum atomic E-state index is 5.14. The van der Waals surface area contributed by atoms with E-state index in [1.807, 2.05) is 5.38 Å². The molecule has 0 fully saturated rings. The van der Waals surface area contributed by atoms with Crippen LogP contribution in [0.15, 0.2) is 11.6 Å². The maximum absolute atomic E-state index is 5.14. The Morgan fingerprint density at radius 3 is 3.09 bits per heavy atom. The normalized spacial score (nSPS) is 10.5. The van der Waals surface area contributed by atoms with E-state index in [1.54, 1.807) is 6.20 Å². The van der Waals surface area contributed by atoms with Crippen molar-refractivity contribution in [2.75, 3.05) is 12.1 Å². The third-order valence-electron chi connectivity index (χ3n) is 1.01. The summed E-state index contributed by atoms with van der Waals surface area (Å²) in [7, 11) is 0. The van der Waals surface area contributed by atoms with E-state index in [4.69, 9.17) is 4.84 Å². The summed E-state index contributed by atoms with van der Waals surface area (Å²) in [5.41, 5.74) is 2.76. The van der Waals surface area contributed by atoms with Gasteiger partial charge in [-0.1, -0.05) is 13.8 Å². The number of hydrogen-bond donors (Lipinski definition) is 1. The lowest BCUT2D eigenvalue weighted by molar-refractivity contribution is 0.163. The molecule has 1 aromatic heterocycles. The zero-order valence-electron chi connectivity index (χ0n) is 6.70. The van der Waals surface area contributed by atoms with Crippen molar-refractivity contribution in [3.8, 4) is 0 Å². The molecule has 0 atom stereocenters. The van der Waals surface area contributed by atoms with Crippen LogP contribution in [-0.2, 0) is 4.84 Å². The zero-order valence-corrected chi connectivity index (χ0v) is 7.52. The molecule has 0 aliphatic rings. The van der Waals surface area contributed by atoms with E-state index in [0.717, 1.165) is 5.13 Å². The molecule has 4 heteroatoms. The molecule has 0 spiro atoms. The first-order valence-corrected chi connectivity index (χ1v) is 4.44. The summed E-state index contributed by atoms with van der Waals surface area (Å²) in [6.45, 7) is 4.91. The second kappa shape index (κ2) is 4.31. The highest BCUT2D eigenvalue weighted by atomic mass is 32.1. The molecule has 0 unspecified atom stereocenters. The summed E-state index contributed by atoms with van der Waals surface area (Å²) in [5.74, 6) is 0.544. The van der Waals surface area contributed by atoms with Crippen molar-refractivity contribution in [2.24, 2.45) is 5.92 Å². The minimum absolute atomic E-state index is 0.544. The van der Waals surface area contributed by atoms with Crippen molar-refractivity contribution < 1.29 is 4.84 Å². The number of anilines is 1. The molecule has 62 valence electrons. The van der Waals surface area contributed by atoms with Crippen LogP contribution in [0.3, 0.4) is 0 Å².